The number of hydrogen-bond donors (Lipinski definition) is 3. The fourth-order valence-electron chi connectivity index (χ4n) is 4.62. The van der Waals surface area contributed by atoms with Crippen molar-refractivity contribution in [3.63, 3.8) is 0 Å². The summed E-state index contributed by atoms with van der Waals surface area (Å²) in [6, 6.07) is 24.2. The standard InChI is InChI=1S/C32H26FN5O3/c33-23-4-8-25(9-5-23)38-31(40)32(13-14-32)30(39)37-24-6-1-20(2-7-24)19-41-28-12-16-35-27-17-21(3-10-26(27)28)22-11-15-36-29(34)18-22/h1-12,15-18H,13-14,19H2,(H2,34,36)(H,37,39)(H,38,40). The maximum absolute atomic E-state index is 13.2. The lowest BCUT2D eigenvalue weighted by Gasteiger charge is -2.16. The van der Waals surface area contributed by atoms with Gasteiger partial charge in [0.25, 0.3) is 0 Å². The molecule has 0 bridgehead atoms. The van der Waals surface area contributed by atoms with E-state index in [0.717, 1.165) is 27.6 Å². The molecule has 0 saturated heterocycles. The summed E-state index contributed by atoms with van der Waals surface area (Å²) in [7, 11) is 0. The van der Waals surface area contributed by atoms with Gasteiger partial charge in [-0.1, -0.05) is 18.2 Å². The predicted octanol–water partition coefficient (Wildman–Crippen LogP) is 5.95. The quantitative estimate of drug-likeness (QED) is 0.207. The van der Waals surface area contributed by atoms with Gasteiger partial charge in [-0.05, 0) is 96.3 Å². The van der Waals surface area contributed by atoms with Gasteiger partial charge in [-0.15, -0.1) is 0 Å². The zero-order valence-electron chi connectivity index (χ0n) is 21.9. The fourth-order valence-corrected chi connectivity index (χ4v) is 4.62. The van der Waals surface area contributed by atoms with Crippen molar-refractivity contribution in [1.29, 1.82) is 0 Å². The highest BCUT2D eigenvalue weighted by molar-refractivity contribution is 6.16. The molecule has 0 radical (unpaired) electrons. The minimum atomic E-state index is -1.12. The van der Waals surface area contributed by atoms with Crippen molar-refractivity contribution >= 4 is 39.9 Å². The van der Waals surface area contributed by atoms with E-state index in [1.807, 2.05) is 48.5 Å². The molecule has 0 aliphatic heterocycles. The third-order valence-corrected chi connectivity index (χ3v) is 7.14. The average molecular weight is 548 g/mol. The number of halogens is 1. The summed E-state index contributed by atoms with van der Waals surface area (Å²) in [5.74, 6) is 0.00627. The van der Waals surface area contributed by atoms with E-state index in [0.29, 0.717) is 42.4 Å². The van der Waals surface area contributed by atoms with E-state index in [-0.39, 0.29) is 5.91 Å². The number of pyridine rings is 2. The van der Waals surface area contributed by atoms with Crippen LogP contribution < -0.4 is 21.1 Å². The first kappa shape index (κ1) is 25.9. The summed E-state index contributed by atoms with van der Waals surface area (Å²) in [4.78, 5) is 34.3. The number of aromatic nitrogens is 2. The van der Waals surface area contributed by atoms with Crippen molar-refractivity contribution in [2.45, 2.75) is 19.4 Å². The molecule has 2 aromatic heterocycles. The van der Waals surface area contributed by atoms with Gasteiger partial charge in [0.2, 0.25) is 11.8 Å². The Balaban J connectivity index is 1.08. The molecule has 2 amide bonds. The number of benzene rings is 3. The van der Waals surface area contributed by atoms with E-state index in [1.54, 1.807) is 24.5 Å². The van der Waals surface area contributed by atoms with Gasteiger partial charge in [-0.2, -0.15) is 0 Å². The lowest BCUT2D eigenvalue weighted by atomic mass is 10.0. The molecule has 1 aliphatic carbocycles. The van der Waals surface area contributed by atoms with Crippen molar-refractivity contribution in [3.05, 3.63) is 109 Å². The summed E-state index contributed by atoms with van der Waals surface area (Å²) >= 11 is 0. The minimum Gasteiger partial charge on any atom is -0.488 e. The van der Waals surface area contributed by atoms with Crippen LogP contribution in [0.4, 0.5) is 21.6 Å². The highest BCUT2D eigenvalue weighted by Crippen LogP contribution is 2.47. The SMILES string of the molecule is Nc1cc(-c2ccc3c(OCc4ccc(NC(=O)C5(C(=O)Nc6ccc(F)cc6)CC5)cc4)ccnc3c2)ccn1. The number of ether oxygens (including phenoxy) is 1. The van der Waals surface area contributed by atoms with Gasteiger partial charge in [-0.25, -0.2) is 9.37 Å². The van der Waals surface area contributed by atoms with Crippen LogP contribution >= 0.6 is 0 Å². The van der Waals surface area contributed by atoms with Crippen molar-refractivity contribution in [2.24, 2.45) is 5.41 Å². The molecule has 0 atom stereocenters. The normalized spacial score (nSPS) is 13.4. The van der Waals surface area contributed by atoms with Gasteiger partial charge < -0.3 is 21.1 Å². The second-order valence-corrected chi connectivity index (χ2v) is 9.99. The molecule has 6 rings (SSSR count). The van der Waals surface area contributed by atoms with Crippen LogP contribution in [0.25, 0.3) is 22.0 Å². The van der Waals surface area contributed by atoms with Crippen LogP contribution in [0.3, 0.4) is 0 Å². The fraction of sp³-hybridized carbons (Fsp3) is 0.125. The van der Waals surface area contributed by atoms with Crippen molar-refractivity contribution in [3.8, 4) is 16.9 Å². The Morgan fingerprint density at radius 1 is 0.805 bits per heavy atom. The van der Waals surface area contributed by atoms with E-state index in [1.165, 1.54) is 24.3 Å². The highest BCUT2D eigenvalue weighted by Gasteiger charge is 2.56. The second kappa shape index (κ2) is 10.7. The Morgan fingerprint density at radius 2 is 1.44 bits per heavy atom. The summed E-state index contributed by atoms with van der Waals surface area (Å²) in [5.41, 5.74) is 9.38. The largest absolute Gasteiger partial charge is 0.488 e. The molecule has 5 aromatic rings. The Hall–Kier alpha value is -5.31. The molecule has 9 heteroatoms. The average Bonchev–Trinajstić information content (AvgIpc) is 3.80. The number of hydrogen-bond acceptors (Lipinski definition) is 6. The zero-order chi connectivity index (χ0) is 28.4. The first-order chi connectivity index (χ1) is 19.9. The van der Waals surface area contributed by atoms with E-state index in [9.17, 15) is 14.0 Å². The third kappa shape index (κ3) is 5.56. The van der Waals surface area contributed by atoms with Crippen molar-refractivity contribution in [1.82, 2.24) is 9.97 Å². The Bertz CT molecular complexity index is 1750. The molecule has 0 spiro atoms. The van der Waals surface area contributed by atoms with Gasteiger partial charge >= 0.3 is 0 Å². The number of carbonyl (C=O) groups excluding carboxylic acids is 2. The summed E-state index contributed by atoms with van der Waals surface area (Å²) in [6.07, 6.45) is 4.29. The number of amides is 2. The van der Waals surface area contributed by atoms with E-state index < -0.39 is 17.1 Å². The van der Waals surface area contributed by atoms with Crippen LogP contribution in [0, 0.1) is 11.2 Å². The van der Waals surface area contributed by atoms with E-state index in [2.05, 4.69) is 20.6 Å². The number of nitrogens with two attached hydrogens (primary N) is 1. The third-order valence-electron chi connectivity index (χ3n) is 7.14. The molecule has 1 aliphatic rings. The van der Waals surface area contributed by atoms with E-state index >= 15 is 0 Å². The number of nitrogen functional groups attached to an aromatic ring is 1. The van der Waals surface area contributed by atoms with Gasteiger partial charge in [0.15, 0.2) is 0 Å². The smallest absolute Gasteiger partial charge is 0.240 e. The van der Waals surface area contributed by atoms with Crippen LogP contribution in [0.15, 0.2) is 97.3 Å². The summed E-state index contributed by atoms with van der Waals surface area (Å²) < 4.78 is 19.3. The van der Waals surface area contributed by atoms with Crippen LogP contribution in [0.5, 0.6) is 5.75 Å². The lowest BCUT2D eigenvalue weighted by Crippen LogP contribution is -2.35. The number of fused-ring (bicyclic) bond motifs is 1. The molecular formula is C32H26FN5O3. The molecule has 204 valence electrons. The number of nitrogens with zero attached hydrogens (tertiary/aromatic N) is 2. The van der Waals surface area contributed by atoms with Crippen LogP contribution in [0.2, 0.25) is 0 Å². The van der Waals surface area contributed by atoms with E-state index in [4.69, 9.17) is 10.5 Å². The number of anilines is 3. The minimum absolute atomic E-state index is 0.319. The molecule has 8 nitrogen and oxygen atoms in total. The number of rotatable bonds is 8. The first-order valence-electron chi connectivity index (χ1n) is 13.1. The molecule has 2 heterocycles. The molecule has 3 aromatic carbocycles. The first-order valence-corrected chi connectivity index (χ1v) is 13.1. The van der Waals surface area contributed by atoms with Crippen molar-refractivity contribution in [2.75, 3.05) is 16.4 Å². The Morgan fingerprint density at radius 3 is 2.10 bits per heavy atom. The number of nitrogens with one attached hydrogen (secondary N) is 2. The lowest BCUT2D eigenvalue weighted by molar-refractivity contribution is -0.131. The van der Waals surface area contributed by atoms with Crippen LogP contribution in [0.1, 0.15) is 18.4 Å². The van der Waals surface area contributed by atoms with Crippen molar-refractivity contribution < 1.29 is 18.7 Å². The molecule has 1 fully saturated rings. The molecular weight excluding hydrogens is 521 g/mol. The maximum Gasteiger partial charge on any atom is 0.240 e. The summed E-state index contributed by atoms with van der Waals surface area (Å²) in [6.45, 7) is 0.319. The Kier molecular flexibility index (Phi) is 6.76. The second-order valence-electron chi connectivity index (χ2n) is 9.99. The number of carbonyl (C=O) groups is 2. The zero-order valence-corrected chi connectivity index (χ0v) is 21.9. The maximum atomic E-state index is 13.2. The van der Waals surface area contributed by atoms with Crippen LogP contribution in [-0.4, -0.2) is 21.8 Å². The van der Waals surface area contributed by atoms with Gasteiger partial charge in [0, 0.05) is 29.2 Å². The molecule has 0 unspecified atom stereocenters. The van der Waals surface area contributed by atoms with Gasteiger partial charge in [0.1, 0.15) is 29.4 Å². The summed E-state index contributed by atoms with van der Waals surface area (Å²) in [5, 5.41) is 6.44. The van der Waals surface area contributed by atoms with Crippen LogP contribution in [-0.2, 0) is 16.2 Å². The predicted molar refractivity (Wildman–Crippen MR) is 155 cm³/mol. The molecule has 4 N–H and O–H groups in total. The molecule has 1 saturated carbocycles. The van der Waals surface area contributed by atoms with Gasteiger partial charge in [-0.3, -0.25) is 14.6 Å². The topological polar surface area (TPSA) is 119 Å². The van der Waals surface area contributed by atoms with Gasteiger partial charge in [0.05, 0.1) is 5.52 Å². The molecule has 41 heavy (non-hydrogen) atoms. The monoisotopic (exact) mass is 547 g/mol. The Labute approximate surface area is 235 Å². The highest BCUT2D eigenvalue weighted by atomic mass is 19.1.